The Labute approximate surface area is 129 Å². The van der Waals surface area contributed by atoms with Gasteiger partial charge < -0.3 is 10.6 Å². The summed E-state index contributed by atoms with van der Waals surface area (Å²) in [5.41, 5.74) is 3.84. The summed E-state index contributed by atoms with van der Waals surface area (Å²) < 4.78 is 0. The van der Waals surface area contributed by atoms with Crippen molar-refractivity contribution in [1.82, 2.24) is 20.8 Å². The quantitative estimate of drug-likeness (QED) is 0.801. The van der Waals surface area contributed by atoms with Crippen molar-refractivity contribution < 1.29 is 4.79 Å². The predicted molar refractivity (Wildman–Crippen MR) is 83.7 cm³/mol. The molecule has 1 aromatic heterocycles. The van der Waals surface area contributed by atoms with Gasteiger partial charge in [-0.05, 0) is 12.0 Å². The molecule has 1 aliphatic rings. The van der Waals surface area contributed by atoms with E-state index in [9.17, 15) is 4.79 Å². The van der Waals surface area contributed by atoms with Crippen molar-refractivity contribution in [2.24, 2.45) is 0 Å². The van der Waals surface area contributed by atoms with Crippen LogP contribution in [-0.2, 0) is 19.4 Å². The molecule has 3 N–H and O–H groups in total. The molecule has 0 unspecified atom stereocenters. The Morgan fingerprint density at radius 2 is 2.10 bits per heavy atom. The largest absolute Gasteiger partial charge is 0.350 e. The molecule has 5 nitrogen and oxygen atoms in total. The van der Waals surface area contributed by atoms with Crippen molar-refractivity contribution in [2.75, 3.05) is 13.1 Å². The molecule has 2 aromatic rings. The van der Waals surface area contributed by atoms with E-state index in [-0.39, 0.29) is 18.3 Å². The lowest BCUT2D eigenvalue weighted by Gasteiger charge is -2.12. The van der Waals surface area contributed by atoms with Crippen LogP contribution < -0.4 is 10.6 Å². The van der Waals surface area contributed by atoms with Crippen molar-refractivity contribution in [1.29, 1.82) is 0 Å². The summed E-state index contributed by atoms with van der Waals surface area (Å²) in [7, 11) is 0. The van der Waals surface area contributed by atoms with Gasteiger partial charge in [-0.2, -0.15) is 5.10 Å². The summed E-state index contributed by atoms with van der Waals surface area (Å²) in [4.78, 5) is 12.1. The number of carbonyl (C=O) groups excluding carboxylic acids is 1. The van der Waals surface area contributed by atoms with Gasteiger partial charge in [-0.15, -0.1) is 12.4 Å². The maximum atomic E-state index is 12.1. The molecule has 0 radical (unpaired) electrons. The number of halogens is 1. The summed E-state index contributed by atoms with van der Waals surface area (Å²) >= 11 is 0. The Morgan fingerprint density at radius 1 is 1.29 bits per heavy atom. The van der Waals surface area contributed by atoms with Gasteiger partial charge in [-0.25, -0.2) is 0 Å². The Balaban J connectivity index is 0.00000161. The second-order valence-corrected chi connectivity index (χ2v) is 4.95. The lowest BCUT2D eigenvalue weighted by molar-refractivity contribution is 0.0948. The Morgan fingerprint density at radius 3 is 2.90 bits per heavy atom. The number of hydrogen-bond acceptors (Lipinski definition) is 3. The lowest BCUT2D eigenvalue weighted by Crippen LogP contribution is -2.29. The number of benzene rings is 1. The number of carbonyl (C=O) groups is 1. The van der Waals surface area contributed by atoms with Crippen LogP contribution in [-0.4, -0.2) is 29.2 Å². The zero-order valence-corrected chi connectivity index (χ0v) is 12.5. The highest BCUT2D eigenvalue weighted by molar-refractivity contribution is 5.94. The normalized spacial score (nSPS) is 13.1. The first kappa shape index (κ1) is 15.5. The number of nitrogens with one attached hydrogen (secondary N) is 3. The second-order valence-electron chi connectivity index (χ2n) is 4.95. The highest BCUT2D eigenvalue weighted by atomic mass is 35.5. The molecule has 2 heterocycles. The van der Waals surface area contributed by atoms with Crippen LogP contribution in [0.25, 0.3) is 0 Å². The molecule has 6 heteroatoms. The van der Waals surface area contributed by atoms with Crippen molar-refractivity contribution in [3.05, 3.63) is 52.8 Å². The van der Waals surface area contributed by atoms with Gasteiger partial charge >= 0.3 is 0 Å². The Hall–Kier alpha value is -1.85. The van der Waals surface area contributed by atoms with E-state index in [1.54, 1.807) is 0 Å². The fourth-order valence-electron chi connectivity index (χ4n) is 2.46. The fraction of sp³-hybridized carbons (Fsp3) is 0.333. The van der Waals surface area contributed by atoms with E-state index < -0.39 is 0 Å². The molecule has 1 amide bonds. The second kappa shape index (κ2) is 7.24. The molecule has 0 saturated heterocycles. The van der Waals surface area contributed by atoms with Crippen molar-refractivity contribution in [3.63, 3.8) is 0 Å². The average molecular weight is 307 g/mol. The molecule has 3 rings (SSSR count). The van der Waals surface area contributed by atoms with Crippen molar-refractivity contribution in [2.45, 2.75) is 19.4 Å². The minimum atomic E-state index is -0.0952. The molecule has 0 bridgehead atoms. The number of aromatic nitrogens is 2. The predicted octanol–water partition coefficient (Wildman–Crippen LogP) is 1.45. The summed E-state index contributed by atoms with van der Waals surface area (Å²) in [6.07, 6.45) is 1.73. The van der Waals surface area contributed by atoms with E-state index in [0.717, 1.165) is 30.6 Å². The molecule has 0 spiro atoms. The molecular formula is C15H19ClN4O. The monoisotopic (exact) mass is 306 g/mol. The number of fused-ring (bicyclic) bond motifs is 1. The molecule has 0 aliphatic carbocycles. The number of rotatable bonds is 4. The van der Waals surface area contributed by atoms with Gasteiger partial charge in [0.2, 0.25) is 0 Å². The van der Waals surface area contributed by atoms with E-state index >= 15 is 0 Å². The number of H-pyrrole nitrogens is 1. The maximum Gasteiger partial charge on any atom is 0.272 e. The SMILES string of the molecule is Cl.O=C(NCCc1ccccc1)c1n[nH]c2c1CNCC2. The minimum Gasteiger partial charge on any atom is -0.350 e. The fourth-order valence-corrected chi connectivity index (χ4v) is 2.46. The van der Waals surface area contributed by atoms with Gasteiger partial charge in [-0.3, -0.25) is 9.89 Å². The first-order chi connectivity index (χ1) is 9.84. The lowest BCUT2D eigenvalue weighted by atomic mass is 10.1. The summed E-state index contributed by atoms with van der Waals surface area (Å²) in [5, 5.41) is 13.3. The van der Waals surface area contributed by atoms with Crippen LogP contribution >= 0.6 is 12.4 Å². The van der Waals surface area contributed by atoms with Gasteiger partial charge in [0.15, 0.2) is 5.69 Å². The Bertz CT molecular complexity index is 597. The third-order valence-electron chi connectivity index (χ3n) is 3.56. The van der Waals surface area contributed by atoms with Crippen molar-refractivity contribution in [3.8, 4) is 0 Å². The Kier molecular flexibility index (Phi) is 5.36. The van der Waals surface area contributed by atoms with Crippen molar-refractivity contribution >= 4 is 18.3 Å². The minimum absolute atomic E-state index is 0. The third-order valence-corrected chi connectivity index (χ3v) is 3.56. The first-order valence-electron chi connectivity index (χ1n) is 6.93. The molecule has 112 valence electrons. The maximum absolute atomic E-state index is 12.1. The molecule has 0 atom stereocenters. The zero-order valence-electron chi connectivity index (χ0n) is 11.7. The van der Waals surface area contributed by atoms with Gasteiger partial charge in [0.05, 0.1) is 0 Å². The van der Waals surface area contributed by atoms with Crippen LogP contribution in [0.1, 0.15) is 27.3 Å². The number of amides is 1. The topological polar surface area (TPSA) is 69.8 Å². The number of nitrogens with zero attached hydrogens (tertiary/aromatic N) is 1. The van der Waals surface area contributed by atoms with Crippen LogP contribution in [0.3, 0.4) is 0 Å². The summed E-state index contributed by atoms with van der Waals surface area (Å²) in [5.74, 6) is -0.0952. The average Bonchev–Trinajstić information content (AvgIpc) is 2.92. The molecule has 0 fully saturated rings. The molecule has 1 aromatic carbocycles. The van der Waals surface area contributed by atoms with Crippen LogP contribution in [0.15, 0.2) is 30.3 Å². The molecular weight excluding hydrogens is 288 g/mol. The first-order valence-corrected chi connectivity index (χ1v) is 6.93. The van der Waals surface area contributed by atoms with Crippen LogP contribution in [0.4, 0.5) is 0 Å². The number of hydrogen-bond donors (Lipinski definition) is 3. The standard InChI is InChI=1S/C15H18N4O.ClH/c20-15(17-9-6-11-4-2-1-3-5-11)14-12-10-16-8-7-13(12)18-19-14;/h1-5,16H,6-10H2,(H,17,20)(H,18,19);1H. The van der Waals surface area contributed by atoms with Gasteiger partial charge in [0.25, 0.3) is 5.91 Å². The van der Waals surface area contributed by atoms with Gasteiger partial charge in [0.1, 0.15) is 0 Å². The van der Waals surface area contributed by atoms with E-state index in [1.165, 1.54) is 5.56 Å². The van der Waals surface area contributed by atoms with Crippen LogP contribution in [0.2, 0.25) is 0 Å². The third kappa shape index (κ3) is 3.62. The van der Waals surface area contributed by atoms with E-state index in [2.05, 4.69) is 33.0 Å². The van der Waals surface area contributed by atoms with Crippen LogP contribution in [0, 0.1) is 0 Å². The van der Waals surface area contributed by atoms with Gasteiger partial charge in [-0.1, -0.05) is 30.3 Å². The van der Waals surface area contributed by atoms with E-state index in [0.29, 0.717) is 18.8 Å². The molecule has 1 aliphatic heterocycles. The highest BCUT2D eigenvalue weighted by Crippen LogP contribution is 2.14. The van der Waals surface area contributed by atoms with E-state index in [1.807, 2.05) is 18.2 Å². The summed E-state index contributed by atoms with van der Waals surface area (Å²) in [6, 6.07) is 10.1. The van der Waals surface area contributed by atoms with Crippen LogP contribution in [0.5, 0.6) is 0 Å². The zero-order chi connectivity index (χ0) is 13.8. The summed E-state index contributed by atoms with van der Waals surface area (Å²) in [6.45, 7) is 2.27. The van der Waals surface area contributed by atoms with E-state index in [4.69, 9.17) is 0 Å². The smallest absolute Gasteiger partial charge is 0.272 e. The highest BCUT2D eigenvalue weighted by Gasteiger charge is 2.20. The number of aromatic amines is 1. The molecule has 21 heavy (non-hydrogen) atoms. The van der Waals surface area contributed by atoms with Gasteiger partial charge in [0, 0.05) is 37.3 Å². The molecule has 0 saturated carbocycles.